The lowest BCUT2D eigenvalue weighted by atomic mass is 10.1. The summed E-state index contributed by atoms with van der Waals surface area (Å²) >= 11 is 0. The van der Waals surface area contributed by atoms with Gasteiger partial charge in [0.1, 0.15) is 11.5 Å². The number of nitrogens with one attached hydrogen (secondary N) is 1. The van der Waals surface area contributed by atoms with Crippen LogP contribution >= 0.6 is 0 Å². The molecule has 0 aliphatic rings. The molecule has 2 aromatic carbocycles. The van der Waals surface area contributed by atoms with Crippen molar-refractivity contribution >= 4 is 33.4 Å². The molecule has 10 heteroatoms. The first-order valence-electron chi connectivity index (χ1n) is 8.19. The number of carbonyl (C=O) groups excluding carboxylic acids is 1. The molecule has 9 nitrogen and oxygen atoms in total. The summed E-state index contributed by atoms with van der Waals surface area (Å²) in [5, 5.41) is 18.7. The summed E-state index contributed by atoms with van der Waals surface area (Å²) in [6.45, 7) is 0. The summed E-state index contributed by atoms with van der Waals surface area (Å²) in [6, 6.07) is 14.7. The molecule has 148 valence electrons. The average Bonchev–Trinajstić information content (AvgIpc) is 3.15. The fraction of sp³-hybridized carbons (Fsp3) is 0. The van der Waals surface area contributed by atoms with E-state index in [-0.39, 0.29) is 10.6 Å². The molecule has 1 heterocycles. The van der Waals surface area contributed by atoms with E-state index in [1.807, 2.05) is 0 Å². The predicted octanol–water partition coefficient (Wildman–Crippen LogP) is 3.15. The molecule has 0 unspecified atom stereocenters. The van der Waals surface area contributed by atoms with Gasteiger partial charge in [0.2, 0.25) is 15.9 Å². The first kappa shape index (κ1) is 20.0. The summed E-state index contributed by atoms with van der Waals surface area (Å²) < 4.78 is 28.0. The highest BCUT2D eigenvalue weighted by Crippen LogP contribution is 2.31. The molecular weight excluding hydrogens is 398 g/mol. The van der Waals surface area contributed by atoms with Crippen LogP contribution in [-0.2, 0) is 14.8 Å². The van der Waals surface area contributed by atoms with Crippen molar-refractivity contribution in [3.05, 3.63) is 82.6 Å². The number of nitrogens with zero attached hydrogens (tertiary/aromatic N) is 1. The van der Waals surface area contributed by atoms with Crippen molar-refractivity contribution in [1.29, 1.82) is 0 Å². The van der Waals surface area contributed by atoms with Gasteiger partial charge < -0.3 is 9.73 Å². The Balaban J connectivity index is 1.70. The van der Waals surface area contributed by atoms with Crippen molar-refractivity contribution in [2.75, 3.05) is 5.32 Å². The van der Waals surface area contributed by atoms with Crippen molar-refractivity contribution in [2.24, 2.45) is 5.14 Å². The fourth-order valence-electron chi connectivity index (χ4n) is 2.50. The van der Waals surface area contributed by atoms with Crippen LogP contribution in [0.25, 0.3) is 17.4 Å². The number of nitro benzene ring substituents is 1. The van der Waals surface area contributed by atoms with Crippen molar-refractivity contribution in [1.82, 2.24) is 0 Å². The third-order valence-corrected chi connectivity index (χ3v) is 4.77. The van der Waals surface area contributed by atoms with E-state index < -0.39 is 20.9 Å². The van der Waals surface area contributed by atoms with E-state index in [2.05, 4.69) is 5.32 Å². The molecule has 0 aliphatic carbocycles. The number of furan rings is 1. The topological polar surface area (TPSA) is 146 Å². The Morgan fingerprint density at radius 1 is 1.07 bits per heavy atom. The number of para-hydroxylation sites is 1. The van der Waals surface area contributed by atoms with Gasteiger partial charge in [-0.2, -0.15) is 0 Å². The average molecular weight is 413 g/mol. The summed E-state index contributed by atoms with van der Waals surface area (Å²) in [7, 11) is -3.80. The smallest absolute Gasteiger partial charge is 0.280 e. The number of primary sulfonamides is 1. The molecule has 1 amide bonds. The Morgan fingerprint density at radius 3 is 2.41 bits per heavy atom. The van der Waals surface area contributed by atoms with Gasteiger partial charge in [0.05, 0.1) is 15.4 Å². The number of carbonyl (C=O) groups is 1. The molecular formula is C19H15N3O6S. The summed E-state index contributed by atoms with van der Waals surface area (Å²) in [5.41, 5.74) is 0.627. The van der Waals surface area contributed by atoms with E-state index >= 15 is 0 Å². The number of sulfonamides is 1. The normalized spacial score (nSPS) is 11.5. The van der Waals surface area contributed by atoms with Crippen LogP contribution in [0.2, 0.25) is 0 Å². The number of amides is 1. The summed E-state index contributed by atoms with van der Waals surface area (Å²) in [5.74, 6) is 0.158. The zero-order valence-electron chi connectivity index (χ0n) is 14.8. The Morgan fingerprint density at radius 2 is 1.76 bits per heavy atom. The zero-order valence-corrected chi connectivity index (χ0v) is 15.6. The molecule has 1 aromatic heterocycles. The molecule has 0 atom stereocenters. The van der Waals surface area contributed by atoms with Crippen molar-refractivity contribution < 1.29 is 22.6 Å². The van der Waals surface area contributed by atoms with Gasteiger partial charge in [-0.3, -0.25) is 14.9 Å². The lowest BCUT2D eigenvalue weighted by molar-refractivity contribution is -0.384. The second-order valence-electron chi connectivity index (χ2n) is 5.87. The van der Waals surface area contributed by atoms with E-state index in [0.717, 1.165) is 0 Å². The minimum Gasteiger partial charge on any atom is -0.456 e. The van der Waals surface area contributed by atoms with Crippen molar-refractivity contribution in [3.8, 4) is 11.3 Å². The first-order valence-corrected chi connectivity index (χ1v) is 9.74. The number of rotatable bonds is 6. The van der Waals surface area contributed by atoms with Crippen LogP contribution in [-0.4, -0.2) is 19.2 Å². The molecule has 29 heavy (non-hydrogen) atoms. The molecule has 0 radical (unpaired) electrons. The molecule has 3 aromatic rings. The minimum atomic E-state index is -3.80. The van der Waals surface area contributed by atoms with Gasteiger partial charge in [-0.15, -0.1) is 0 Å². The third-order valence-electron chi connectivity index (χ3n) is 3.84. The molecule has 0 saturated carbocycles. The first-order chi connectivity index (χ1) is 13.7. The Labute approximate surface area is 165 Å². The maximum Gasteiger partial charge on any atom is 0.280 e. The quantitative estimate of drug-likeness (QED) is 0.361. The van der Waals surface area contributed by atoms with Gasteiger partial charge in [-0.1, -0.05) is 12.1 Å². The van der Waals surface area contributed by atoms with Crippen molar-refractivity contribution in [2.45, 2.75) is 4.90 Å². The van der Waals surface area contributed by atoms with Crippen LogP contribution in [0.4, 0.5) is 11.4 Å². The summed E-state index contributed by atoms with van der Waals surface area (Å²) in [6.07, 6.45) is 2.63. The van der Waals surface area contributed by atoms with E-state index in [0.29, 0.717) is 22.8 Å². The third kappa shape index (κ3) is 4.94. The standard InChI is InChI=1S/C19H15N3O6S/c20-29(26,27)15-9-5-13(6-10-15)21-19(23)12-8-14-7-11-18(28-14)16-3-1-2-4-17(16)22(24)25/h1-12H,(H,21,23)(H2,20,26,27)/b12-8+. The van der Waals surface area contributed by atoms with Crippen LogP contribution in [0.3, 0.4) is 0 Å². The number of anilines is 1. The molecule has 0 fully saturated rings. The van der Waals surface area contributed by atoms with E-state index in [4.69, 9.17) is 9.56 Å². The minimum absolute atomic E-state index is 0.0656. The summed E-state index contributed by atoms with van der Waals surface area (Å²) in [4.78, 5) is 22.6. The molecule has 3 N–H and O–H groups in total. The second-order valence-corrected chi connectivity index (χ2v) is 7.43. The lowest BCUT2D eigenvalue weighted by Crippen LogP contribution is -2.12. The molecule has 0 saturated heterocycles. The molecule has 3 rings (SSSR count). The molecule has 0 spiro atoms. The maximum atomic E-state index is 12.0. The molecule has 0 bridgehead atoms. The number of benzene rings is 2. The van der Waals surface area contributed by atoms with Crippen LogP contribution in [0.15, 0.2) is 76.1 Å². The van der Waals surface area contributed by atoms with E-state index in [9.17, 15) is 23.3 Å². The van der Waals surface area contributed by atoms with Crippen molar-refractivity contribution in [3.63, 3.8) is 0 Å². The Bertz CT molecular complexity index is 1200. The van der Waals surface area contributed by atoms with E-state index in [1.54, 1.807) is 30.3 Å². The highest BCUT2D eigenvalue weighted by molar-refractivity contribution is 7.89. The number of nitro groups is 1. The molecule has 0 aliphatic heterocycles. The van der Waals surface area contributed by atoms with E-state index in [1.165, 1.54) is 42.5 Å². The van der Waals surface area contributed by atoms with Crippen LogP contribution < -0.4 is 10.5 Å². The largest absolute Gasteiger partial charge is 0.456 e. The second kappa shape index (κ2) is 8.09. The monoisotopic (exact) mass is 413 g/mol. The van der Waals surface area contributed by atoms with Gasteiger partial charge in [-0.05, 0) is 48.5 Å². The fourth-order valence-corrected chi connectivity index (χ4v) is 3.01. The van der Waals surface area contributed by atoms with Gasteiger partial charge in [-0.25, -0.2) is 13.6 Å². The predicted molar refractivity (Wildman–Crippen MR) is 106 cm³/mol. The number of hydrogen-bond donors (Lipinski definition) is 2. The maximum absolute atomic E-state index is 12.0. The SMILES string of the molecule is NS(=O)(=O)c1ccc(NC(=O)/C=C/c2ccc(-c3ccccc3[N+](=O)[O-])o2)cc1. The number of hydrogen-bond acceptors (Lipinski definition) is 6. The van der Waals surface area contributed by atoms with Crippen LogP contribution in [0.1, 0.15) is 5.76 Å². The zero-order chi connectivity index (χ0) is 21.0. The number of nitrogens with two attached hydrogens (primary N) is 1. The Kier molecular flexibility index (Phi) is 5.57. The van der Waals surface area contributed by atoms with Crippen LogP contribution in [0.5, 0.6) is 0 Å². The van der Waals surface area contributed by atoms with Gasteiger partial charge >= 0.3 is 0 Å². The lowest BCUT2D eigenvalue weighted by Gasteiger charge is -2.03. The van der Waals surface area contributed by atoms with Gasteiger partial charge in [0.25, 0.3) is 5.69 Å². The van der Waals surface area contributed by atoms with Crippen LogP contribution in [0, 0.1) is 10.1 Å². The van der Waals surface area contributed by atoms with Gasteiger partial charge in [0.15, 0.2) is 0 Å². The Hall–Kier alpha value is -3.76. The highest BCUT2D eigenvalue weighted by atomic mass is 32.2. The van der Waals surface area contributed by atoms with Gasteiger partial charge in [0, 0.05) is 17.8 Å². The highest BCUT2D eigenvalue weighted by Gasteiger charge is 2.16.